The molecule has 4 heteroatoms. The van der Waals surface area contributed by atoms with Crippen LogP contribution in [0.3, 0.4) is 0 Å². The van der Waals surface area contributed by atoms with Gasteiger partial charge in [0, 0.05) is 43.6 Å². The number of hydrogen-bond donors (Lipinski definition) is 3. The lowest BCUT2D eigenvalue weighted by Gasteiger charge is -2.26. The van der Waals surface area contributed by atoms with Gasteiger partial charge in [-0.15, -0.1) is 0 Å². The van der Waals surface area contributed by atoms with Gasteiger partial charge in [-0.2, -0.15) is 0 Å². The van der Waals surface area contributed by atoms with E-state index in [2.05, 4.69) is 46.0 Å². The highest BCUT2D eigenvalue weighted by molar-refractivity contribution is 5.70. The zero-order chi connectivity index (χ0) is 13.5. The topological polar surface area (TPSA) is 53.3 Å². The number of fused-ring (bicyclic) bond motifs is 1. The largest absolute Gasteiger partial charge is 0.385 e. The van der Waals surface area contributed by atoms with Gasteiger partial charge in [-0.3, -0.25) is 0 Å². The summed E-state index contributed by atoms with van der Waals surface area (Å²) in [6.45, 7) is 4.70. The van der Waals surface area contributed by atoms with E-state index in [0.29, 0.717) is 0 Å². The zero-order valence-electron chi connectivity index (χ0n) is 11.7. The Morgan fingerprint density at radius 2 is 2.21 bits per heavy atom. The van der Waals surface area contributed by atoms with Gasteiger partial charge < -0.3 is 21.3 Å². The minimum Gasteiger partial charge on any atom is -0.385 e. The average molecular weight is 260 g/mol. The van der Waals surface area contributed by atoms with Crippen molar-refractivity contribution in [1.29, 1.82) is 0 Å². The summed E-state index contributed by atoms with van der Waals surface area (Å²) >= 11 is 0. The van der Waals surface area contributed by atoms with E-state index in [1.54, 1.807) is 0 Å². The molecule has 0 atom stereocenters. The predicted molar refractivity (Wildman–Crippen MR) is 82.0 cm³/mol. The van der Waals surface area contributed by atoms with Gasteiger partial charge in [-0.1, -0.05) is 12.1 Å². The first kappa shape index (κ1) is 13.9. The van der Waals surface area contributed by atoms with Crippen molar-refractivity contribution in [3.63, 3.8) is 0 Å². The fraction of sp³-hybridized carbons (Fsp3) is 0.467. The molecule has 0 saturated heterocycles. The van der Waals surface area contributed by atoms with Crippen molar-refractivity contribution in [2.45, 2.75) is 13.0 Å². The number of nitrogens with two attached hydrogens (primary N) is 1. The molecular weight excluding hydrogens is 236 g/mol. The highest BCUT2D eigenvalue weighted by Gasteiger charge is 2.12. The van der Waals surface area contributed by atoms with Crippen LogP contribution in [0.15, 0.2) is 24.4 Å². The summed E-state index contributed by atoms with van der Waals surface area (Å²) in [6, 6.07) is 6.47. The third kappa shape index (κ3) is 3.72. The summed E-state index contributed by atoms with van der Waals surface area (Å²) in [5, 5.41) is 6.65. The maximum Gasteiger partial charge on any atom is 0.0431 e. The molecule has 0 radical (unpaired) electrons. The molecule has 0 fully saturated rings. The van der Waals surface area contributed by atoms with Gasteiger partial charge in [0.25, 0.3) is 0 Å². The summed E-state index contributed by atoms with van der Waals surface area (Å²) in [4.78, 5) is 2.34. The molecule has 2 rings (SSSR count). The molecular formula is C15H24N4. The van der Waals surface area contributed by atoms with Crippen LogP contribution >= 0.6 is 0 Å². The van der Waals surface area contributed by atoms with Gasteiger partial charge in [0.15, 0.2) is 0 Å². The van der Waals surface area contributed by atoms with Crippen molar-refractivity contribution in [2.75, 3.05) is 38.5 Å². The Morgan fingerprint density at radius 3 is 3.00 bits per heavy atom. The van der Waals surface area contributed by atoms with Crippen LogP contribution in [0.1, 0.15) is 17.5 Å². The summed E-state index contributed by atoms with van der Waals surface area (Å²) < 4.78 is 0. The molecule has 1 aliphatic rings. The van der Waals surface area contributed by atoms with E-state index in [0.717, 1.165) is 39.1 Å². The molecule has 0 bridgehead atoms. The minimum absolute atomic E-state index is 0.732. The van der Waals surface area contributed by atoms with Gasteiger partial charge in [0.2, 0.25) is 0 Å². The molecule has 19 heavy (non-hydrogen) atoms. The van der Waals surface area contributed by atoms with Crippen molar-refractivity contribution in [3.8, 4) is 0 Å². The minimum atomic E-state index is 0.732. The molecule has 0 spiro atoms. The molecule has 0 amide bonds. The Bertz CT molecular complexity index is 428. The monoisotopic (exact) mass is 260 g/mol. The highest BCUT2D eigenvalue weighted by Crippen LogP contribution is 2.26. The first-order valence-corrected chi connectivity index (χ1v) is 6.98. The molecule has 0 unspecified atom stereocenters. The van der Waals surface area contributed by atoms with Crippen molar-refractivity contribution >= 4 is 11.8 Å². The molecule has 4 nitrogen and oxygen atoms in total. The quantitative estimate of drug-likeness (QED) is 0.650. The second kappa shape index (κ2) is 7.16. The van der Waals surface area contributed by atoms with Gasteiger partial charge in [0.1, 0.15) is 0 Å². The van der Waals surface area contributed by atoms with E-state index in [-0.39, 0.29) is 0 Å². The second-order valence-corrected chi connectivity index (χ2v) is 4.84. The number of nitrogens with one attached hydrogen (secondary N) is 2. The Hall–Kier alpha value is -1.52. The van der Waals surface area contributed by atoms with Crippen LogP contribution in [-0.2, 0) is 6.54 Å². The number of nitrogens with zero attached hydrogens (tertiary/aromatic N) is 1. The van der Waals surface area contributed by atoms with E-state index in [1.165, 1.54) is 16.8 Å². The van der Waals surface area contributed by atoms with Crippen LogP contribution in [0.4, 0.5) is 5.69 Å². The molecule has 1 aliphatic heterocycles. The third-order valence-electron chi connectivity index (χ3n) is 3.37. The molecule has 1 aromatic rings. The van der Waals surface area contributed by atoms with Gasteiger partial charge >= 0.3 is 0 Å². The number of anilines is 1. The standard InChI is InChI=1S/C15H24N4/c1-17-9-11-19-10-6-14-13(12-19)4-2-5-15(14)18-8-3-7-16/h2,4-6,10,17-18H,3,7-9,11-12,16H2,1H3. The zero-order valence-corrected chi connectivity index (χ0v) is 11.7. The van der Waals surface area contributed by atoms with E-state index in [1.807, 2.05) is 7.05 Å². The Morgan fingerprint density at radius 1 is 1.32 bits per heavy atom. The Labute approximate surface area is 115 Å². The van der Waals surface area contributed by atoms with Crippen molar-refractivity contribution in [3.05, 3.63) is 35.5 Å². The number of rotatable bonds is 7. The van der Waals surface area contributed by atoms with E-state index in [9.17, 15) is 0 Å². The lowest BCUT2D eigenvalue weighted by atomic mass is 10.0. The van der Waals surface area contributed by atoms with Crippen LogP contribution in [0.25, 0.3) is 6.08 Å². The molecule has 4 N–H and O–H groups in total. The molecule has 0 saturated carbocycles. The average Bonchev–Trinajstić information content (AvgIpc) is 2.45. The normalized spacial score (nSPS) is 13.5. The van der Waals surface area contributed by atoms with Crippen LogP contribution in [-0.4, -0.2) is 38.1 Å². The van der Waals surface area contributed by atoms with Crippen LogP contribution in [0, 0.1) is 0 Å². The predicted octanol–water partition coefficient (Wildman–Crippen LogP) is 1.45. The maximum atomic E-state index is 5.53. The molecule has 1 heterocycles. The Balaban J connectivity index is 2.04. The first-order chi connectivity index (χ1) is 9.35. The third-order valence-corrected chi connectivity index (χ3v) is 3.37. The summed E-state index contributed by atoms with van der Waals surface area (Å²) in [6.07, 6.45) is 5.40. The fourth-order valence-electron chi connectivity index (χ4n) is 2.29. The van der Waals surface area contributed by atoms with Gasteiger partial charge in [-0.05, 0) is 37.7 Å². The fourth-order valence-corrected chi connectivity index (χ4v) is 2.29. The van der Waals surface area contributed by atoms with Crippen LogP contribution in [0.2, 0.25) is 0 Å². The number of benzene rings is 1. The number of hydrogen-bond acceptors (Lipinski definition) is 4. The summed E-state index contributed by atoms with van der Waals surface area (Å²) in [5.41, 5.74) is 9.45. The summed E-state index contributed by atoms with van der Waals surface area (Å²) in [7, 11) is 1.99. The molecule has 1 aromatic carbocycles. The van der Waals surface area contributed by atoms with Crippen molar-refractivity contribution in [2.24, 2.45) is 5.73 Å². The Kier molecular flexibility index (Phi) is 5.24. The highest BCUT2D eigenvalue weighted by atomic mass is 15.1. The smallest absolute Gasteiger partial charge is 0.0431 e. The van der Waals surface area contributed by atoms with Crippen LogP contribution < -0.4 is 16.4 Å². The van der Waals surface area contributed by atoms with Crippen molar-refractivity contribution in [1.82, 2.24) is 10.2 Å². The first-order valence-electron chi connectivity index (χ1n) is 6.98. The number of likely N-dealkylation sites (N-methyl/N-ethyl adjacent to an activating group) is 1. The van der Waals surface area contributed by atoms with Crippen molar-refractivity contribution < 1.29 is 0 Å². The van der Waals surface area contributed by atoms with E-state index in [4.69, 9.17) is 5.73 Å². The molecule has 0 aliphatic carbocycles. The molecule has 0 aromatic heterocycles. The second-order valence-electron chi connectivity index (χ2n) is 4.84. The lowest BCUT2D eigenvalue weighted by Crippen LogP contribution is -2.28. The van der Waals surface area contributed by atoms with E-state index >= 15 is 0 Å². The van der Waals surface area contributed by atoms with Gasteiger partial charge in [0.05, 0.1) is 0 Å². The lowest BCUT2D eigenvalue weighted by molar-refractivity contribution is 0.367. The molecule has 104 valence electrons. The summed E-state index contributed by atoms with van der Waals surface area (Å²) in [5.74, 6) is 0. The van der Waals surface area contributed by atoms with E-state index < -0.39 is 0 Å². The van der Waals surface area contributed by atoms with Gasteiger partial charge in [-0.25, -0.2) is 0 Å². The van der Waals surface area contributed by atoms with Crippen LogP contribution in [0.5, 0.6) is 0 Å². The SMILES string of the molecule is CNCCN1C=Cc2c(cccc2NCCCN)C1. The maximum absolute atomic E-state index is 5.53.